The maximum atomic E-state index is 11.1. The first-order valence-corrected chi connectivity index (χ1v) is 6.74. The third kappa shape index (κ3) is 3.23. The van der Waals surface area contributed by atoms with Crippen LogP contribution in [0, 0.1) is 0 Å². The molecular weight excluding hydrogens is 268 g/mol. The molecule has 0 saturated heterocycles. The second-order valence-electron chi connectivity index (χ2n) is 5.13. The van der Waals surface area contributed by atoms with Gasteiger partial charge < -0.3 is 15.3 Å². The van der Waals surface area contributed by atoms with Crippen molar-refractivity contribution in [1.82, 2.24) is 0 Å². The molecule has 2 unspecified atom stereocenters. The molecule has 0 bridgehead atoms. The average molecular weight is 286 g/mol. The van der Waals surface area contributed by atoms with Gasteiger partial charge in [0.15, 0.2) is 0 Å². The summed E-state index contributed by atoms with van der Waals surface area (Å²) >= 11 is 0. The van der Waals surface area contributed by atoms with Crippen molar-refractivity contribution in [3.8, 4) is 16.9 Å². The van der Waals surface area contributed by atoms with Crippen molar-refractivity contribution in [3.63, 3.8) is 0 Å². The van der Waals surface area contributed by atoms with Crippen molar-refractivity contribution < 1.29 is 20.1 Å². The monoisotopic (exact) mass is 286 g/mol. The number of carbonyl (C=O) groups is 1. The van der Waals surface area contributed by atoms with Gasteiger partial charge >= 0.3 is 5.97 Å². The van der Waals surface area contributed by atoms with Crippen molar-refractivity contribution in [3.05, 3.63) is 53.6 Å². The van der Waals surface area contributed by atoms with Crippen LogP contribution in [0.25, 0.3) is 11.1 Å². The number of aromatic hydroxyl groups is 1. The molecule has 0 heterocycles. The van der Waals surface area contributed by atoms with Crippen molar-refractivity contribution >= 4 is 5.97 Å². The van der Waals surface area contributed by atoms with Gasteiger partial charge in [0.25, 0.3) is 0 Å². The SMILES string of the molecule is CC(O)c1cc(C(C)C(=O)O)ccc1-c1ccc(O)cc1. The van der Waals surface area contributed by atoms with Gasteiger partial charge in [0.1, 0.15) is 5.75 Å². The molecule has 0 amide bonds. The van der Waals surface area contributed by atoms with Crippen LogP contribution in [0.2, 0.25) is 0 Å². The largest absolute Gasteiger partial charge is 0.508 e. The van der Waals surface area contributed by atoms with Gasteiger partial charge in [-0.15, -0.1) is 0 Å². The number of aliphatic hydroxyl groups is 1. The van der Waals surface area contributed by atoms with Crippen molar-refractivity contribution in [2.75, 3.05) is 0 Å². The molecule has 0 spiro atoms. The second-order valence-corrected chi connectivity index (χ2v) is 5.13. The Labute approximate surface area is 123 Å². The zero-order valence-electron chi connectivity index (χ0n) is 11.9. The van der Waals surface area contributed by atoms with Crippen LogP contribution < -0.4 is 0 Å². The van der Waals surface area contributed by atoms with E-state index in [4.69, 9.17) is 5.11 Å². The molecule has 0 aromatic heterocycles. The summed E-state index contributed by atoms with van der Waals surface area (Å²) in [4.78, 5) is 11.1. The van der Waals surface area contributed by atoms with Gasteiger partial charge in [-0.05, 0) is 48.2 Å². The highest BCUT2D eigenvalue weighted by atomic mass is 16.4. The maximum Gasteiger partial charge on any atom is 0.310 e. The Morgan fingerprint density at radius 2 is 1.67 bits per heavy atom. The summed E-state index contributed by atoms with van der Waals surface area (Å²) in [5.74, 6) is -1.35. The fourth-order valence-corrected chi connectivity index (χ4v) is 2.24. The van der Waals surface area contributed by atoms with E-state index >= 15 is 0 Å². The van der Waals surface area contributed by atoms with Crippen LogP contribution >= 0.6 is 0 Å². The lowest BCUT2D eigenvalue weighted by molar-refractivity contribution is -0.138. The summed E-state index contributed by atoms with van der Waals surface area (Å²) in [5, 5.41) is 28.4. The molecule has 0 radical (unpaired) electrons. The fraction of sp³-hybridized carbons (Fsp3) is 0.235. The Bertz CT molecular complexity index is 644. The number of aliphatic carboxylic acids is 1. The molecule has 21 heavy (non-hydrogen) atoms. The third-order valence-electron chi connectivity index (χ3n) is 3.57. The second kappa shape index (κ2) is 5.97. The van der Waals surface area contributed by atoms with Crippen LogP contribution in [0.15, 0.2) is 42.5 Å². The van der Waals surface area contributed by atoms with Crippen LogP contribution in [0.3, 0.4) is 0 Å². The first-order valence-electron chi connectivity index (χ1n) is 6.74. The highest BCUT2D eigenvalue weighted by molar-refractivity contribution is 5.77. The molecule has 3 N–H and O–H groups in total. The minimum atomic E-state index is -0.899. The van der Waals surface area contributed by atoms with E-state index in [9.17, 15) is 15.0 Å². The van der Waals surface area contributed by atoms with E-state index in [2.05, 4.69) is 0 Å². The Kier molecular flexibility index (Phi) is 4.29. The number of hydrogen-bond donors (Lipinski definition) is 3. The van der Waals surface area contributed by atoms with E-state index in [1.54, 1.807) is 50.2 Å². The van der Waals surface area contributed by atoms with Gasteiger partial charge in [0.05, 0.1) is 12.0 Å². The zero-order valence-corrected chi connectivity index (χ0v) is 11.9. The fourth-order valence-electron chi connectivity index (χ4n) is 2.24. The molecule has 0 saturated carbocycles. The summed E-state index contributed by atoms with van der Waals surface area (Å²) in [7, 11) is 0. The Balaban J connectivity index is 2.52. The van der Waals surface area contributed by atoms with E-state index in [1.807, 2.05) is 6.07 Å². The molecule has 0 fully saturated rings. The molecule has 4 nitrogen and oxygen atoms in total. The van der Waals surface area contributed by atoms with Gasteiger partial charge in [0, 0.05) is 0 Å². The van der Waals surface area contributed by atoms with Crippen molar-refractivity contribution in [2.24, 2.45) is 0 Å². The van der Waals surface area contributed by atoms with Gasteiger partial charge in [-0.1, -0.05) is 30.3 Å². The number of carboxylic acid groups (broad SMARTS) is 1. The third-order valence-corrected chi connectivity index (χ3v) is 3.57. The number of phenolic OH excluding ortho intramolecular Hbond substituents is 1. The van der Waals surface area contributed by atoms with Crippen LogP contribution in [-0.2, 0) is 4.79 Å². The number of carboxylic acids is 1. The molecule has 0 aliphatic rings. The molecule has 2 atom stereocenters. The van der Waals surface area contributed by atoms with Crippen LogP contribution in [-0.4, -0.2) is 21.3 Å². The Hall–Kier alpha value is -2.33. The molecule has 2 rings (SSSR count). The van der Waals surface area contributed by atoms with Gasteiger partial charge in [-0.3, -0.25) is 4.79 Å². The smallest absolute Gasteiger partial charge is 0.310 e. The average Bonchev–Trinajstić information content (AvgIpc) is 2.46. The van der Waals surface area contributed by atoms with Gasteiger partial charge in [-0.25, -0.2) is 0 Å². The van der Waals surface area contributed by atoms with E-state index in [0.717, 1.165) is 11.1 Å². The first-order chi connectivity index (χ1) is 9.90. The van der Waals surface area contributed by atoms with E-state index in [0.29, 0.717) is 11.1 Å². The van der Waals surface area contributed by atoms with Crippen LogP contribution in [0.5, 0.6) is 5.75 Å². The topological polar surface area (TPSA) is 77.8 Å². The summed E-state index contributed by atoms with van der Waals surface area (Å²) in [6.07, 6.45) is -0.713. The lowest BCUT2D eigenvalue weighted by Gasteiger charge is -2.16. The quantitative estimate of drug-likeness (QED) is 0.806. The predicted octanol–water partition coefficient (Wildman–Crippen LogP) is 3.30. The van der Waals surface area contributed by atoms with Gasteiger partial charge in [0.2, 0.25) is 0 Å². The molecular formula is C17H18O4. The number of aliphatic hydroxyl groups excluding tert-OH is 1. The summed E-state index contributed by atoms with van der Waals surface area (Å²) in [6, 6.07) is 12.0. The molecule has 2 aromatic carbocycles. The summed E-state index contributed by atoms with van der Waals surface area (Å²) < 4.78 is 0. The van der Waals surface area contributed by atoms with Crippen molar-refractivity contribution in [1.29, 1.82) is 0 Å². The Morgan fingerprint density at radius 3 is 2.19 bits per heavy atom. The summed E-state index contributed by atoms with van der Waals surface area (Å²) in [5.41, 5.74) is 3.01. The first kappa shape index (κ1) is 15.1. The molecule has 4 heteroatoms. The highest BCUT2D eigenvalue weighted by Gasteiger charge is 2.17. The van der Waals surface area contributed by atoms with E-state index in [1.165, 1.54) is 0 Å². The number of rotatable bonds is 4. The minimum Gasteiger partial charge on any atom is -0.508 e. The minimum absolute atomic E-state index is 0.175. The van der Waals surface area contributed by atoms with Crippen molar-refractivity contribution in [2.45, 2.75) is 25.9 Å². The zero-order chi connectivity index (χ0) is 15.6. The van der Waals surface area contributed by atoms with Crippen LogP contribution in [0.1, 0.15) is 37.0 Å². The maximum absolute atomic E-state index is 11.1. The predicted molar refractivity (Wildman–Crippen MR) is 80.2 cm³/mol. The van der Waals surface area contributed by atoms with E-state index < -0.39 is 18.0 Å². The lowest BCUT2D eigenvalue weighted by Crippen LogP contribution is -2.08. The number of benzene rings is 2. The highest BCUT2D eigenvalue weighted by Crippen LogP contribution is 2.32. The molecule has 110 valence electrons. The lowest BCUT2D eigenvalue weighted by atomic mass is 9.91. The van der Waals surface area contributed by atoms with Crippen LogP contribution in [0.4, 0.5) is 0 Å². The molecule has 2 aromatic rings. The Morgan fingerprint density at radius 1 is 1.05 bits per heavy atom. The summed E-state index contributed by atoms with van der Waals surface area (Å²) in [6.45, 7) is 3.26. The number of phenols is 1. The normalized spacial score (nSPS) is 13.7. The standard InChI is InChI=1S/C17H18O4/c1-10(17(20)21)13-5-8-15(16(9-13)11(2)18)12-3-6-14(19)7-4-12/h3-11,18-19H,1-2H3,(H,20,21). The number of hydrogen-bond acceptors (Lipinski definition) is 3. The molecule has 0 aliphatic carbocycles. The van der Waals surface area contributed by atoms with E-state index in [-0.39, 0.29) is 5.75 Å². The molecule has 0 aliphatic heterocycles. The van der Waals surface area contributed by atoms with Gasteiger partial charge in [-0.2, -0.15) is 0 Å².